The van der Waals surface area contributed by atoms with Crippen LogP contribution in [0.25, 0.3) is 0 Å². The second-order valence-corrected chi connectivity index (χ2v) is 6.24. The topological polar surface area (TPSA) is 61.9 Å². The van der Waals surface area contributed by atoms with E-state index in [4.69, 9.17) is 4.74 Å². The van der Waals surface area contributed by atoms with Crippen molar-refractivity contribution in [2.75, 3.05) is 43.5 Å². The van der Waals surface area contributed by atoms with Gasteiger partial charge in [0.1, 0.15) is 5.75 Å². The largest absolute Gasteiger partial charge is 0.497 e. The highest BCUT2D eigenvalue weighted by atomic mass is 16.5. The number of methoxy groups -OCH3 is 1. The fraction of sp³-hybridized carbons (Fsp3) is 0.300. The van der Waals surface area contributed by atoms with Gasteiger partial charge in [0, 0.05) is 43.1 Å². The zero-order chi connectivity index (χ0) is 18.5. The first-order valence-corrected chi connectivity index (χ1v) is 8.63. The van der Waals surface area contributed by atoms with E-state index in [2.05, 4.69) is 10.2 Å². The Morgan fingerprint density at radius 1 is 0.923 bits per heavy atom. The van der Waals surface area contributed by atoms with E-state index in [9.17, 15) is 9.59 Å². The Hall–Kier alpha value is -3.02. The third-order valence-corrected chi connectivity index (χ3v) is 4.55. The number of benzene rings is 2. The summed E-state index contributed by atoms with van der Waals surface area (Å²) in [4.78, 5) is 27.8. The first kappa shape index (κ1) is 17.8. The highest BCUT2D eigenvalue weighted by Crippen LogP contribution is 2.21. The summed E-state index contributed by atoms with van der Waals surface area (Å²) in [7, 11) is 1.65. The first-order valence-electron chi connectivity index (χ1n) is 8.63. The SMILES string of the molecule is COc1ccc(N2CCN(C(=O)Nc3ccc(C(C)=O)cc3)CC2)cc1. The molecule has 2 aromatic rings. The second-order valence-electron chi connectivity index (χ2n) is 6.24. The Kier molecular flexibility index (Phi) is 5.41. The predicted octanol–water partition coefficient (Wildman–Crippen LogP) is 3.25. The van der Waals surface area contributed by atoms with Gasteiger partial charge >= 0.3 is 6.03 Å². The Balaban J connectivity index is 1.53. The number of hydrogen-bond acceptors (Lipinski definition) is 4. The van der Waals surface area contributed by atoms with E-state index in [1.165, 1.54) is 6.92 Å². The van der Waals surface area contributed by atoms with Gasteiger partial charge in [0.25, 0.3) is 0 Å². The number of piperazine rings is 1. The van der Waals surface area contributed by atoms with Crippen molar-refractivity contribution < 1.29 is 14.3 Å². The minimum absolute atomic E-state index is 0.0116. The lowest BCUT2D eigenvalue weighted by Gasteiger charge is -2.36. The average Bonchev–Trinajstić information content (AvgIpc) is 2.68. The van der Waals surface area contributed by atoms with Crippen molar-refractivity contribution in [2.45, 2.75) is 6.92 Å². The third kappa shape index (κ3) is 4.14. The van der Waals surface area contributed by atoms with Crippen LogP contribution in [0.1, 0.15) is 17.3 Å². The van der Waals surface area contributed by atoms with E-state index in [0.717, 1.165) is 24.5 Å². The molecule has 6 nitrogen and oxygen atoms in total. The highest BCUT2D eigenvalue weighted by Gasteiger charge is 2.21. The second kappa shape index (κ2) is 7.91. The van der Waals surface area contributed by atoms with E-state index in [-0.39, 0.29) is 11.8 Å². The van der Waals surface area contributed by atoms with Crippen molar-refractivity contribution in [1.82, 2.24) is 4.90 Å². The summed E-state index contributed by atoms with van der Waals surface area (Å²) in [6, 6.07) is 14.8. The highest BCUT2D eigenvalue weighted by molar-refractivity contribution is 5.95. The monoisotopic (exact) mass is 353 g/mol. The van der Waals surface area contributed by atoms with Crippen molar-refractivity contribution in [2.24, 2.45) is 0 Å². The number of nitrogens with zero attached hydrogens (tertiary/aromatic N) is 2. The normalized spacial score (nSPS) is 14.1. The number of nitrogens with one attached hydrogen (secondary N) is 1. The number of hydrogen-bond donors (Lipinski definition) is 1. The van der Waals surface area contributed by atoms with Crippen LogP contribution in [0, 0.1) is 0 Å². The van der Waals surface area contributed by atoms with Crippen LogP contribution >= 0.6 is 0 Å². The molecule has 0 aliphatic carbocycles. The molecule has 6 heteroatoms. The molecule has 1 heterocycles. The van der Waals surface area contributed by atoms with Crippen LogP contribution in [0.3, 0.4) is 0 Å². The van der Waals surface area contributed by atoms with Crippen molar-refractivity contribution >= 4 is 23.2 Å². The quantitative estimate of drug-likeness (QED) is 0.857. The van der Waals surface area contributed by atoms with Crippen LogP contribution < -0.4 is 15.0 Å². The Morgan fingerprint density at radius 2 is 1.54 bits per heavy atom. The Bertz CT molecular complexity index is 764. The van der Waals surface area contributed by atoms with Crippen LogP contribution in [-0.4, -0.2) is 50.0 Å². The van der Waals surface area contributed by atoms with Gasteiger partial charge in [-0.05, 0) is 55.5 Å². The van der Waals surface area contributed by atoms with E-state index in [0.29, 0.717) is 24.3 Å². The number of Topliss-reactive ketones (excluding diaryl/α,β-unsaturated/α-hetero) is 1. The Morgan fingerprint density at radius 3 is 2.08 bits per heavy atom. The molecule has 0 saturated carbocycles. The van der Waals surface area contributed by atoms with Gasteiger partial charge in [-0.15, -0.1) is 0 Å². The summed E-state index contributed by atoms with van der Waals surface area (Å²) >= 11 is 0. The Labute approximate surface area is 153 Å². The molecular formula is C20H23N3O3. The van der Waals surface area contributed by atoms with Gasteiger partial charge in [-0.3, -0.25) is 4.79 Å². The van der Waals surface area contributed by atoms with Crippen LogP contribution in [0.2, 0.25) is 0 Å². The molecule has 2 aromatic carbocycles. The molecule has 136 valence electrons. The maximum Gasteiger partial charge on any atom is 0.321 e. The number of anilines is 2. The van der Waals surface area contributed by atoms with Crippen molar-refractivity contribution in [3.05, 3.63) is 54.1 Å². The number of rotatable bonds is 4. The molecular weight excluding hydrogens is 330 g/mol. The molecule has 0 aromatic heterocycles. The van der Waals surface area contributed by atoms with Crippen LogP contribution in [0.4, 0.5) is 16.2 Å². The molecule has 2 amide bonds. The van der Waals surface area contributed by atoms with Gasteiger partial charge in [0.05, 0.1) is 7.11 Å². The minimum atomic E-state index is -0.116. The lowest BCUT2D eigenvalue weighted by atomic mass is 10.1. The third-order valence-electron chi connectivity index (χ3n) is 4.55. The van der Waals surface area contributed by atoms with Crippen molar-refractivity contribution in [3.63, 3.8) is 0 Å². The van der Waals surface area contributed by atoms with Gasteiger partial charge in [-0.2, -0.15) is 0 Å². The van der Waals surface area contributed by atoms with Crippen LogP contribution in [0.15, 0.2) is 48.5 Å². The smallest absolute Gasteiger partial charge is 0.321 e. The van der Waals surface area contributed by atoms with E-state index in [1.807, 2.05) is 24.3 Å². The zero-order valence-electron chi connectivity index (χ0n) is 15.1. The fourth-order valence-electron chi connectivity index (χ4n) is 2.95. The molecule has 26 heavy (non-hydrogen) atoms. The number of carbonyl (C=O) groups is 2. The summed E-state index contributed by atoms with van der Waals surface area (Å²) in [5.74, 6) is 0.847. The molecule has 1 aliphatic rings. The van der Waals surface area contributed by atoms with Gasteiger partial charge in [0.15, 0.2) is 5.78 Å². The zero-order valence-corrected chi connectivity index (χ0v) is 15.1. The lowest BCUT2D eigenvalue weighted by Crippen LogP contribution is -2.50. The van der Waals surface area contributed by atoms with E-state index >= 15 is 0 Å². The predicted molar refractivity (Wildman–Crippen MR) is 102 cm³/mol. The molecule has 1 N–H and O–H groups in total. The molecule has 1 saturated heterocycles. The number of ketones is 1. The van der Waals surface area contributed by atoms with Gasteiger partial charge in [-0.1, -0.05) is 0 Å². The standard InChI is InChI=1S/C20H23N3O3/c1-15(24)16-3-5-17(6-4-16)21-20(25)23-13-11-22(12-14-23)18-7-9-19(26-2)10-8-18/h3-10H,11-14H2,1-2H3,(H,21,25). The van der Waals surface area contributed by atoms with E-state index in [1.54, 1.807) is 36.3 Å². The molecule has 0 spiro atoms. The summed E-state index contributed by atoms with van der Waals surface area (Å²) in [5.41, 5.74) is 2.46. The average molecular weight is 353 g/mol. The summed E-state index contributed by atoms with van der Waals surface area (Å²) in [6.07, 6.45) is 0. The van der Waals surface area contributed by atoms with Gasteiger partial charge in [-0.25, -0.2) is 4.79 Å². The van der Waals surface area contributed by atoms with Gasteiger partial charge in [0.2, 0.25) is 0 Å². The number of amides is 2. The molecule has 0 bridgehead atoms. The summed E-state index contributed by atoms with van der Waals surface area (Å²) < 4.78 is 5.18. The van der Waals surface area contributed by atoms with Gasteiger partial charge < -0.3 is 19.9 Å². The fourth-order valence-corrected chi connectivity index (χ4v) is 2.95. The first-order chi connectivity index (χ1) is 12.6. The molecule has 0 unspecified atom stereocenters. The molecule has 1 aliphatic heterocycles. The van der Waals surface area contributed by atoms with E-state index < -0.39 is 0 Å². The minimum Gasteiger partial charge on any atom is -0.497 e. The number of urea groups is 1. The lowest BCUT2D eigenvalue weighted by molar-refractivity contribution is 0.101. The molecule has 3 rings (SSSR count). The van der Waals surface area contributed by atoms with Crippen LogP contribution in [-0.2, 0) is 0 Å². The van der Waals surface area contributed by atoms with Crippen molar-refractivity contribution in [1.29, 1.82) is 0 Å². The molecule has 1 fully saturated rings. The molecule has 0 atom stereocenters. The van der Waals surface area contributed by atoms with Crippen molar-refractivity contribution in [3.8, 4) is 5.75 Å². The summed E-state index contributed by atoms with van der Waals surface area (Å²) in [6.45, 7) is 4.40. The number of ether oxygens (including phenoxy) is 1. The maximum atomic E-state index is 12.4. The summed E-state index contributed by atoms with van der Waals surface area (Å²) in [5, 5.41) is 2.89. The van der Waals surface area contributed by atoms with Crippen LogP contribution in [0.5, 0.6) is 5.75 Å². The molecule has 0 radical (unpaired) electrons. The number of carbonyl (C=O) groups excluding carboxylic acids is 2. The maximum absolute atomic E-state index is 12.4.